The van der Waals surface area contributed by atoms with Gasteiger partial charge in [-0.1, -0.05) is 0 Å². The number of guanidine groups is 2. The Balaban J connectivity index is 5.01. The van der Waals surface area contributed by atoms with E-state index in [-0.39, 0.29) is 49.4 Å². The molecule has 4 amide bonds. The number of rotatable bonds is 9. The maximum absolute atomic E-state index is 12.5. The molecule has 0 aliphatic carbocycles. The molecule has 0 rings (SSSR count). The van der Waals surface area contributed by atoms with E-state index in [1.807, 2.05) is 0 Å². The molecular formula is C30H52N6O10. The normalized spacial score (nSPS) is 12.8. The minimum Gasteiger partial charge on any atom is -0.444 e. The van der Waals surface area contributed by atoms with Crippen molar-refractivity contribution in [1.82, 2.24) is 21.3 Å². The van der Waals surface area contributed by atoms with Gasteiger partial charge in [0, 0.05) is 12.8 Å². The zero-order valence-corrected chi connectivity index (χ0v) is 29.2. The number of nitrogens with zero attached hydrogens (tertiary/aromatic N) is 2. The third-order valence-electron chi connectivity index (χ3n) is 4.50. The summed E-state index contributed by atoms with van der Waals surface area (Å²) in [5.74, 6) is -1.19. The van der Waals surface area contributed by atoms with Crippen LogP contribution in [0.5, 0.6) is 0 Å². The van der Waals surface area contributed by atoms with Gasteiger partial charge in [-0.05, 0) is 95.9 Å². The molecule has 0 radical (unpaired) electrons. The van der Waals surface area contributed by atoms with Crippen LogP contribution in [0.25, 0.3) is 0 Å². The molecule has 0 saturated heterocycles. The molecule has 0 aromatic rings. The van der Waals surface area contributed by atoms with Crippen LogP contribution < -0.4 is 21.3 Å². The van der Waals surface area contributed by atoms with Gasteiger partial charge in [-0.25, -0.2) is 19.2 Å². The van der Waals surface area contributed by atoms with E-state index in [9.17, 15) is 28.8 Å². The van der Waals surface area contributed by atoms with Crippen LogP contribution in [0.15, 0.2) is 9.98 Å². The molecule has 0 aromatic carbocycles. The number of aliphatic imine (C=N–C) groups is 2. The lowest BCUT2D eigenvalue weighted by Crippen LogP contribution is -2.45. The maximum atomic E-state index is 12.5. The summed E-state index contributed by atoms with van der Waals surface area (Å²) in [6.07, 6.45) is -2.84. The van der Waals surface area contributed by atoms with E-state index in [1.165, 1.54) is 0 Å². The lowest BCUT2D eigenvalue weighted by Gasteiger charge is -2.21. The summed E-state index contributed by atoms with van der Waals surface area (Å²) in [5.41, 5.74) is -3.29. The predicted molar refractivity (Wildman–Crippen MR) is 171 cm³/mol. The number of ether oxygens (including phenoxy) is 4. The van der Waals surface area contributed by atoms with Crippen LogP contribution in [0, 0.1) is 0 Å². The standard InChI is InChI=1S/C30H52N6O10/c1-27(2,3)43-23(39)33-21(34-24(40)44-28(4,5)6)31-17-19(37)15-13-14-16-20(38)18-32-22(35-25(41)45-29(7,8)9)36-26(42)46-30(10,11)12/h13-18H2,1-12H3,(H2,31,33,34,39,40)(H2,32,35,36,41,42). The molecule has 16 nitrogen and oxygen atoms in total. The first-order valence-electron chi connectivity index (χ1n) is 14.9. The molecule has 0 bridgehead atoms. The first-order chi connectivity index (χ1) is 20.7. The average Bonchev–Trinajstić information content (AvgIpc) is 2.78. The summed E-state index contributed by atoms with van der Waals surface area (Å²) >= 11 is 0. The molecule has 0 aromatic heterocycles. The van der Waals surface area contributed by atoms with Gasteiger partial charge in [-0.15, -0.1) is 9.98 Å². The summed E-state index contributed by atoms with van der Waals surface area (Å²) in [6.45, 7) is 19.3. The van der Waals surface area contributed by atoms with E-state index in [4.69, 9.17) is 18.9 Å². The number of hydrogen-bond acceptors (Lipinski definition) is 10. The van der Waals surface area contributed by atoms with Crippen molar-refractivity contribution >= 4 is 47.9 Å². The average molecular weight is 657 g/mol. The van der Waals surface area contributed by atoms with Gasteiger partial charge in [0.25, 0.3) is 0 Å². The smallest absolute Gasteiger partial charge is 0.437 e. The van der Waals surface area contributed by atoms with E-state index in [0.717, 1.165) is 0 Å². The summed E-state index contributed by atoms with van der Waals surface area (Å²) in [6, 6.07) is 0. The second kappa shape index (κ2) is 18.0. The molecule has 0 atom stereocenters. The number of nitrogens with one attached hydrogen (secondary N) is 4. The lowest BCUT2D eigenvalue weighted by molar-refractivity contribution is -0.119. The van der Waals surface area contributed by atoms with Gasteiger partial charge in [0.2, 0.25) is 11.9 Å². The Morgan fingerprint density at radius 2 is 0.761 bits per heavy atom. The molecule has 4 N–H and O–H groups in total. The van der Waals surface area contributed by atoms with Crippen molar-refractivity contribution in [2.75, 3.05) is 13.1 Å². The molecule has 0 unspecified atom stereocenters. The monoisotopic (exact) mass is 656 g/mol. The minimum absolute atomic E-state index is 0.0887. The van der Waals surface area contributed by atoms with Gasteiger partial charge >= 0.3 is 24.4 Å². The first-order valence-corrected chi connectivity index (χ1v) is 14.9. The number of amides is 4. The topological polar surface area (TPSA) is 212 Å². The van der Waals surface area contributed by atoms with Crippen molar-refractivity contribution in [3.05, 3.63) is 0 Å². The van der Waals surface area contributed by atoms with Gasteiger partial charge in [-0.2, -0.15) is 0 Å². The zero-order valence-electron chi connectivity index (χ0n) is 29.2. The van der Waals surface area contributed by atoms with Gasteiger partial charge in [0.05, 0.1) is 13.1 Å². The van der Waals surface area contributed by atoms with Crippen LogP contribution in [-0.4, -0.2) is 83.4 Å². The van der Waals surface area contributed by atoms with Gasteiger partial charge in [0.15, 0.2) is 11.6 Å². The van der Waals surface area contributed by atoms with Gasteiger partial charge in [-0.3, -0.25) is 20.2 Å². The Bertz CT molecular complexity index is 1060. The maximum Gasteiger partial charge on any atom is 0.437 e. The summed E-state index contributed by atoms with van der Waals surface area (Å²) in [7, 11) is 0. The van der Waals surface area contributed by atoms with Crippen molar-refractivity contribution in [3.63, 3.8) is 0 Å². The van der Waals surface area contributed by atoms with Crippen LogP contribution in [0.4, 0.5) is 19.2 Å². The molecule has 0 spiro atoms. The highest BCUT2D eigenvalue weighted by molar-refractivity contribution is 6.01. The van der Waals surface area contributed by atoms with Gasteiger partial charge in [0.1, 0.15) is 22.4 Å². The molecule has 262 valence electrons. The van der Waals surface area contributed by atoms with E-state index >= 15 is 0 Å². The molecule has 16 heteroatoms. The number of Topliss-reactive ketones (excluding diaryl/α,β-unsaturated/α-hetero) is 2. The van der Waals surface area contributed by atoms with E-state index in [0.29, 0.717) is 12.8 Å². The fourth-order valence-electron chi connectivity index (χ4n) is 2.96. The third kappa shape index (κ3) is 25.1. The number of alkyl carbamates (subject to hydrolysis) is 2. The van der Waals surface area contributed by atoms with Crippen LogP contribution in [0.1, 0.15) is 109 Å². The number of carbonyl (C=O) groups excluding carboxylic acids is 6. The molecule has 0 aliphatic rings. The van der Waals surface area contributed by atoms with E-state index in [2.05, 4.69) is 31.3 Å². The minimum atomic E-state index is -0.980. The Labute approximate surface area is 271 Å². The second-order valence-corrected chi connectivity index (χ2v) is 14.1. The number of ketones is 2. The van der Waals surface area contributed by atoms with Crippen molar-refractivity contribution in [3.8, 4) is 0 Å². The van der Waals surface area contributed by atoms with Gasteiger partial charge < -0.3 is 29.6 Å². The van der Waals surface area contributed by atoms with Crippen molar-refractivity contribution < 1.29 is 47.7 Å². The lowest BCUT2D eigenvalue weighted by atomic mass is 10.1. The molecular weight excluding hydrogens is 604 g/mol. The fraction of sp³-hybridized carbons (Fsp3) is 0.733. The Morgan fingerprint density at radius 3 is 1.02 bits per heavy atom. The van der Waals surface area contributed by atoms with Crippen LogP contribution in [0.3, 0.4) is 0 Å². The second-order valence-electron chi connectivity index (χ2n) is 14.1. The molecule has 0 saturated carbocycles. The molecule has 0 aliphatic heterocycles. The third-order valence-corrected chi connectivity index (χ3v) is 4.50. The Kier molecular flexibility index (Phi) is 16.4. The zero-order chi connectivity index (χ0) is 35.9. The van der Waals surface area contributed by atoms with Crippen molar-refractivity contribution in [2.45, 2.75) is 131 Å². The molecule has 0 heterocycles. The predicted octanol–water partition coefficient (Wildman–Crippen LogP) is 4.50. The largest absolute Gasteiger partial charge is 0.444 e. The first kappa shape index (κ1) is 41.8. The van der Waals surface area contributed by atoms with Crippen LogP contribution in [0.2, 0.25) is 0 Å². The van der Waals surface area contributed by atoms with Crippen LogP contribution >= 0.6 is 0 Å². The Hall–Kier alpha value is -4.24. The van der Waals surface area contributed by atoms with E-state index < -0.39 is 46.8 Å². The van der Waals surface area contributed by atoms with Crippen molar-refractivity contribution in [2.24, 2.45) is 9.98 Å². The number of carbonyl (C=O) groups is 6. The van der Waals surface area contributed by atoms with Crippen molar-refractivity contribution in [1.29, 1.82) is 0 Å². The van der Waals surface area contributed by atoms with Crippen LogP contribution in [-0.2, 0) is 28.5 Å². The Morgan fingerprint density at radius 1 is 0.478 bits per heavy atom. The molecule has 0 fully saturated rings. The number of hydrogen-bond donors (Lipinski definition) is 4. The molecule has 46 heavy (non-hydrogen) atoms. The SMILES string of the molecule is CC(C)(C)OC(=O)/N=C(/NCC(=O)CCCCC(=O)CN/C(=N\C(=O)OC(C)(C)C)NC(=O)OC(C)(C)C)NC(=O)OC(C)(C)C. The fourth-order valence-corrected chi connectivity index (χ4v) is 2.96. The quantitative estimate of drug-likeness (QED) is 0.117. The summed E-state index contributed by atoms with van der Waals surface area (Å²) < 4.78 is 20.6. The van der Waals surface area contributed by atoms with E-state index in [1.54, 1.807) is 83.1 Å². The number of unbranched alkanes of at least 4 members (excludes halogenated alkanes) is 1. The summed E-state index contributed by atoms with van der Waals surface area (Å²) in [4.78, 5) is 80.9. The highest BCUT2D eigenvalue weighted by Crippen LogP contribution is 2.10. The highest BCUT2D eigenvalue weighted by Gasteiger charge is 2.22. The highest BCUT2D eigenvalue weighted by atomic mass is 16.6. The summed E-state index contributed by atoms with van der Waals surface area (Å²) in [5, 5.41) is 9.81.